The van der Waals surface area contributed by atoms with E-state index in [2.05, 4.69) is 44.7 Å². The summed E-state index contributed by atoms with van der Waals surface area (Å²) in [6.07, 6.45) is 6.98. The molecule has 1 aliphatic rings. The highest BCUT2D eigenvalue weighted by molar-refractivity contribution is 7.16. The highest BCUT2D eigenvalue weighted by Gasteiger charge is 2.18. The first-order chi connectivity index (χ1) is 17.5. The van der Waals surface area contributed by atoms with Crippen LogP contribution in [0.5, 0.6) is 5.75 Å². The molecule has 5 rings (SSSR count). The summed E-state index contributed by atoms with van der Waals surface area (Å²) < 4.78 is 2.57. The fourth-order valence-electron chi connectivity index (χ4n) is 5.23. The zero-order chi connectivity index (χ0) is 25.1. The van der Waals surface area contributed by atoms with E-state index in [1.165, 1.54) is 38.2 Å². The van der Waals surface area contributed by atoms with E-state index in [0.717, 1.165) is 53.5 Å². The predicted octanol–water partition coefficient (Wildman–Crippen LogP) is 3.52. The van der Waals surface area contributed by atoms with Crippen molar-refractivity contribution in [1.29, 1.82) is 0 Å². The number of phenols is 1. The quantitative estimate of drug-likeness (QED) is 0.258. The van der Waals surface area contributed by atoms with E-state index in [4.69, 9.17) is 0 Å². The van der Waals surface area contributed by atoms with Crippen LogP contribution in [0.25, 0.3) is 21.3 Å². The van der Waals surface area contributed by atoms with Gasteiger partial charge in [0.25, 0.3) is 0 Å². The number of rotatable bonds is 10. The van der Waals surface area contributed by atoms with Gasteiger partial charge in [-0.05, 0) is 56.6 Å². The standard InChI is InChI=1S/C26H34N6O3S/c1-31(18-6-3-2-4-7-18)12-5-13-32-21-10-8-17(14-20(21)29-30-32)15-27-16-23(34)19-9-11-22(33)24-25(19)36-26(35)28-24/h8-11,14,18,23,27,33-34H,2-7,12-13,15-16H2,1H3,(H,28,35)/t23-/m0/s1. The highest BCUT2D eigenvalue weighted by atomic mass is 32.1. The normalized spacial score (nSPS) is 15.9. The molecule has 4 aromatic rings. The molecule has 2 aromatic carbocycles. The van der Waals surface area contributed by atoms with Gasteiger partial charge in [0, 0.05) is 31.2 Å². The lowest BCUT2D eigenvalue weighted by molar-refractivity contribution is 0.176. The average Bonchev–Trinajstić information content (AvgIpc) is 3.48. The maximum absolute atomic E-state index is 11.7. The Bertz CT molecular complexity index is 1370. The number of aromatic hydroxyl groups is 1. The van der Waals surface area contributed by atoms with E-state index in [0.29, 0.717) is 28.9 Å². The number of aromatic nitrogens is 4. The highest BCUT2D eigenvalue weighted by Crippen LogP contribution is 2.31. The summed E-state index contributed by atoms with van der Waals surface area (Å²) in [5.74, 6) is 0.00449. The zero-order valence-electron chi connectivity index (χ0n) is 20.6. The van der Waals surface area contributed by atoms with Crippen LogP contribution >= 0.6 is 11.3 Å². The third-order valence-corrected chi connectivity index (χ3v) is 8.20. The minimum Gasteiger partial charge on any atom is -0.506 e. The number of aliphatic hydroxyl groups excluding tert-OH is 1. The van der Waals surface area contributed by atoms with Crippen LogP contribution in [0.15, 0.2) is 35.1 Å². The molecule has 1 saturated carbocycles. The molecule has 2 heterocycles. The number of hydrogen-bond acceptors (Lipinski definition) is 8. The molecule has 10 heteroatoms. The summed E-state index contributed by atoms with van der Waals surface area (Å²) in [7, 11) is 2.25. The van der Waals surface area contributed by atoms with Gasteiger partial charge in [0.15, 0.2) is 0 Å². The third kappa shape index (κ3) is 5.46. The minimum atomic E-state index is -0.809. The largest absolute Gasteiger partial charge is 0.506 e. The fourth-order valence-corrected chi connectivity index (χ4v) is 6.15. The number of fused-ring (bicyclic) bond motifs is 2. The van der Waals surface area contributed by atoms with Gasteiger partial charge in [-0.15, -0.1) is 5.10 Å². The topological polar surface area (TPSA) is 119 Å². The molecule has 2 aromatic heterocycles. The molecule has 192 valence electrons. The van der Waals surface area contributed by atoms with Gasteiger partial charge in [-0.25, -0.2) is 4.68 Å². The van der Waals surface area contributed by atoms with Crippen molar-refractivity contribution in [1.82, 2.24) is 30.2 Å². The van der Waals surface area contributed by atoms with Crippen LogP contribution in [0.4, 0.5) is 0 Å². The van der Waals surface area contributed by atoms with Crippen LogP contribution in [-0.2, 0) is 13.1 Å². The van der Waals surface area contributed by atoms with Crippen molar-refractivity contribution in [2.75, 3.05) is 20.1 Å². The lowest BCUT2D eigenvalue weighted by atomic mass is 9.94. The molecule has 0 bridgehead atoms. The molecule has 0 aliphatic heterocycles. The average molecular weight is 511 g/mol. The van der Waals surface area contributed by atoms with Crippen molar-refractivity contribution in [2.45, 2.75) is 63.8 Å². The number of benzene rings is 2. The van der Waals surface area contributed by atoms with E-state index in [1.54, 1.807) is 6.07 Å². The maximum atomic E-state index is 11.7. The second-order valence-electron chi connectivity index (χ2n) is 9.80. The van der Waals surface area contributed by atoms with Crippen molar-refractivity contribution >= 4 is 32.6 Å². The minimum absolute atomic E-state index is 0.00449. The number of hydrogen-bond donors (Lipinski definition) is 4. The number of H-pyrrole nitrogens is 1. The van der Waals surface area contributed by atoms with Crippen LogP contribution in [0.3, 0.4) is 0 Å². The van der Waals surface area contributed by atoms with E-state index in [-0.39, 0.29) is 10.6 Å². The Balaban J connectivity index is 1.14. The Morgan fingerprint density at radius 2 is 2.08 bits per heavy atom. The van der Waals surface area contributed by atoms with Crippen LogP contribution in [0.2, 0.25) is 0 Å². The number of aryl methyl sites for hydroxylation is 1. The molecular weight excluding hydrogens is 476 g/mol. The van der Waals surface area contributed by atoms with Crippen LogP contribution in [0.1, 0.15) is 55.8 Å². The molecule has 1 fully saturated rings. The van der Waals surface area contributed by atoms with Gasteiger partial charge in [0.05, 0.1) is 16.3 Å². The SMILES string of the molecule is CN(CCCn1nnc2cc(CNC[C@H](O)c3ccc(O)c4[nH]c(=O)sc34)ccc21)C1CCCCC1. The molecule has 36 heavy (non-hydrogen) atoms. The van der Waals surface area contributed by atoms with Crippen molar-refractivity contribution in [3.05, 3.63) is 51.1 Å². The second-order valence-corrected chi connectivity index (χ2v) is 10.8. The lowest BCUT2D eigenvalue weighted by Gasteiger charge is -2.31. The molecule has 1 atom stereocenters. The summed E-state index contributed by atoms with van der Waals surface area (Å²) in [5.41, 5.74) is 3.95. The number of aromatic amines is 1. The monoisotopic (exact) mass is 510 g/mol. The second kappa shape index (κ2) is 11.1. The van der Waals surface area contributed by atoms with Gasteiger partial charge >= 0.3 is 4.87 Å². The molecule has 4 N–H and O–H groups in total. The van der Waals surface area contributed by atoms with Gasteiger partial charge in [-0.3, -0.25) is 4.79 Å². The van der Waals surface area contributed by atoms with Crippen molar-refractivity contribution < 1.29 is 10.2 Å². The smallest absolute Gasteiger partial charge is 0.305 e. The molecule has 0 saturated heterocycles. The van der Waals surface area contributed by atoms with E-state index in [1.807, 2.05) is 10.7 Å². The zero-order valence-corrected chi connectivity index (χ0v) is 21.4. The molecule has 1 aliphatic carbocycles. The summed E-state index contributed by atoms with van der Waals surface area (Å²) >= 11 is 0.990. The fraction of sp³-hybridized carbons (Fsp3) is 0.500. The van der Waals surface area contributed by atoms with Crippen molar-refractivity contribution in [2.24, 2.45) is 0 Å². The predicted molar refractivity (Wildman–Crippen MR) is 142 cm³/mol. The molecule has 0 amide bonds. The first-order valence-corrected chi connectivity index (χ1v) is 13.6. The number of nitrogens with one attached hydrogen (secondary N) is 2. The van der Waals surface area contributed by atoms with Gasteiger partial charge in [-0.1, -0.05) is 47.9 Å². The van der Waals surface area contributed by atoms with Crippen LogP contribution in [-0.4, -0.2) is 61.3 Å². The Hall–Kier alpha value is -2.79. The van der Waals surface area contributed by atoms with E-state index in [9.17, 15) is 15.0 Å². The van der Waals surface area contributed by atoms with Crippen LogP contribution in [0, 0.1) is 0 Å². The summed E-state index contributed by atoms with van der Waals surface area (Å²) in [6, 6.07) is 10.0. The number of aliphatic hydroxyl groups is 1. The van der Waals surface area contributed by atoms with Crippen LogP contribution < -0.4 is 10.2 Å². The Morgan fingerprint density at radius 1 is 1.25 bits per heavy atom. The number of phenolic OH excluding ortho intramolecular Hbond substituents is 1. The van der Waals surface area contributed by atoms with Crippen molar-refractivity contribution in [3.8, 4) is 5.75 Å². The Kier molecular flexibility index (Phi) is 7.66. The summed E-state index contributed by atoms with van der Waals surface area (Å²) in [5, 5.41) is 32.7. The first-order valence-electron chi connectivity index (χ1n) is 12.8. The molecule has 0 unspecified atom stereocenters. The van der Waals surface area contributed by atoms with Gasteiger partial charge in [-0.2, -0.15) is 0 Å². The number of thiazole rings is 1. The summed E-state index contributed by atoms with van der Waals surface area (Å²) in [6.45, 7) is 2.80. The van der Waals surface area contributed by atoms with Gasteiger partial charge in [0.2, 0.25) is 0 Å². The van der Waals surface area contributed by atoms with E-state index >= 15 is 0 Å². The number of nitrogens with zero attached hydrogens (tertiary/aromatic N) is 4. The third-order valence-electron chi connectivity index (χ3n) is 7.27. The Labute approximate surface area is 213 Å². The molecular formula is C26H34N6O3S. The lowest BCUT2D eigenvalue weighted by Crippen LogP contribution is -2.34. The molecule has 9 nitrogen and oxygen atoms in total. The molecule has 0 spiro atoms. The summed E-state index contributed by atoms with van der Waals surface area (Å²) in [4.78, 5) is 16.6. The van der Waals surface area contributed by atoms with E-state index < -0.39 is 6.10 Å². The van der Waals surface area contributed by atoms with Crippen molar-refractivity contribution in [3.63, 3.8) is 0 Å². The Morgan fingerprint density at radius 3 is 2.92 bits per heavy atom. The first kappa shape index (κ1) is 24.9. The van der Waals surface area contributed by atoms with Gasteiger partial charge < -0.3 is 25.4 Å². The maximum Gasteiger partial charge on any atom is 0.305 e. The van der Waals surface area contributed by atoms with Gasteiger partial charge in [0.1, 0.15) is 16.8 Å². The molecule has 0 radical (unpaired) electrons.